The Morgan fingerprint density at radius 3 is 2.60 bits per heavy atom. The van der Waals surface area contributed by atoms with Crippen molar-refractivity contribution in [1.29, 1.82) is 0 Å². The molecule has 0 heterocycles. The Morgan fingerprint density at radius 2 is 1.88 bits per heavy atom. The summed E-state index contributed by atoms with van der Waals surface area (Å²) in [4.78, 5) is 12.5. The molecule has 0 radical (unpaired) electrons. The van der Waals surface area contributed by atoms with E-state index in [-0.39, 0.29) is 30.8 Å². The molecule has 4 aliphatic rings. The SMILES string of the molecule is C.C=CS(=O)(=O)CCSCCNC(=O)O[C@H]1CC[C@@]2(C)C(=CC[C@H]3[C@@H]4CC[C@H]([C@H](C)CCCC(C)C)[C@@]4(C)CC[C@@H]32)C1. The third-order valence-electron chi connectivity index (χ3n) is 11.8. The summed E-state index contributed by atoms with van der Waals surface area (Å²) in [5, 5.41) is 3.86. The van der Waals surface area contributed by atoms with Crippen LogP contribution in [0.3, 0.4) is 0 Å². The molecule has 8 atom stereocenters. The second kappa shape index (κ2) is 14.9. The number of sulfone groups is 1. The normalized spacial score (nSPS) is 34.7. The lowest BCUT2D eigenvalue weighted by molar-refractivity contribution is -0.0581. The molecule has 4 rings (SSSR count). The van der Waals surface area contributed by atoms with E-state index in [0.29, 0.717) is 23.5 Å². The van der Waals surface area contributed by atoms with Crippen molar-refractivity contribution < 1.29 is 17.9 Å². The second-order valence-electron chi connectivity index (χ2n) is 14.6. The Morgan fingerprint density at radius 1 is 1.12 bits per heavy atom. The summed E-state index contributed by atoms with van der Waals surface area (Å²) in [7, 11) is -3.16. The van der Waals surface area contributed by atoms with Gasteiger partial charge in [0, 0.05) is 29.9 Å². The maximum Gasteiger partial charge on any atom is 0.407 e. The Bertz CT molecular complexity index is 1060. The molecule has 3 fully saturated rings. The molecule has 0 unspecified atom stereocenters. The molecule has 3 saturated carbocycles. The van der Waals surface area contributed by atoms with Gasteiger partial charge in [0.1, 0.15) is 6.10 Å². The fourth-order valence-electron chi connectivity index (χ4n) is 9.53. The van der Waals surface area contributed by atoms with Gasteiger partial charge in [-0.15, -0.1) is 0 Å². The van der Waals surface area contributed by atoms with E-state index in [0.717, 1.165) is 60.2 Å². The molecule has 5 nitrogen and oxygen atoms in total. The minimum Gasteiger partial charge on any atom is -0.446 e. The lowest BCUT2D eigenvalue weighted by atomic mass is 9.47. The molecule has 0 spiro atoms. The third-order valence-corrected chi connectivity index (χ3v) is 14.3. The van der Waals surface area contributed by atoms with E-state index >= 15 is 0 Å². The average Bonchev–Trinajstić information content (AvgIpc) is 3.28. The molecule has 7 heteroatoms. The van der Waals surface area contributed by atoms with Crippen molar-refractivity contribution in [3.8, 4) is 0 Å². The first-order valence-corrected chi connectivity index (χ1v) is 19.3. The quantitative estimate of drug-likeness (QED) is 0.164. The Kier molecular flexibility index (Phi) is 12.6. The number of fused-ring (bicyclic) bond motifs is 5. The van der Waals surface area contributed by atoms with E-state index in [1.165, 1.54) is 63.1 Å². The van der Waals surface area contributed by atoms with E-state index < -0.39 is 9.84 Å². The van der Waals surface area contributed by atoms with Crippen molar-refractivity contribution in [1.82, 2.24) is 5.32 Å². The number of carbonyl (C=O) groups is 1. The molecule has 4 aliphatic carbocycles. The zero-order valence-electron chi connectivity index (χ0n) is 26.5. The van der Waals surface area contributed by atoms with E-state index in [1.807, 2.05) is 0 Å². The van der Waals surface area contributed by atoms with Gasteiger partial charge in [0.15, 0.2) is 9.84 Å². The van der Waals surface area contributed by atoms with Gasteiger partial charge in [0.05, 0.1) is 5.75 Å². The molecule has 0 aromatic heterocycles. The van der Waals surface area contributed by atoms with E-state index in [4.69, 9.17) is 4.74 Å². The highest BCUT2D eigenvalue weighted by Gasteiger charge is 2.59. The molecule has 1 amide bonds. The number of thioether (sulfide) groups is 1. The summed E-state index contributed by atoms with van der Waals surface area (Å²) in [6, 6.07) is 0. The Labute approximate surface area is 262 Å². The van der Waals surface area contributed by atoms with Crippen molar-refractivity contribution in [2.75, 3.05) is 23.8 Å². The van der Waals surface area contributed by atoms with Gasteiger partial charge < -0.3 is 10.1 Å². The molecule has 0 aromatic carbocycles. The molecular weight excluding hydrogens is 563 g/mol. The standard InChI is InChI=1S/C34H57NO4S2.CH4/c1-7-41(37,38)22-21-40-20-19-35-32(36)39-27-15-17-33(5)26(23-27)11-12-28-30-14-13-29(25(4)10-8-9-24(2)3)34(30,6)18-16-31(28)33;/h7,11,24-25,27-31H,1,8-10,12-23H2,2-6H3,(H,35,36);1H4/t25-,27+,28+,29-,30+,31+,33+,34-;/m1./s1. The summed E-state index contributed by atoms with van der Waals surface area (Å²) in [6.07, 6.45) is 16.1. The van der Waals surface area contributed by atoms with Gasteiger partial charge in [-0.1, -0.05) is 79.5 Å². The minimum absolute atomic E-state index is 0. The molecule has 0 aliphatic heterocycles. The van der Waals surface area contributed by atoms with Gasteiger partial charge >= 0.3 is 6.09 Å². The van der Waals surface area contributed by atoms with Crippen LogP contribution in [0.15, 0.2) is 23.6 Å². The van der Waals surface area contributed by atoms with Crippen LogP contribution in [0.2, 0.25) is 0 Å². The highest BCUT2D eigenvalue weighted by Crippen LogP contribution is 2.67. The maximum atomic E-state index is 12.5. The maximum absolute atomic E-state index is 12.5. The monoisotopic (exact) mass is 623 g/mol. The summed E-state index contributed by atoms with van der Waals surface area (Å²) >= 11 is 1.51. The number of hydrogen-bond donors (Lipinski definition) is 1. The van der Waals surface area contributed by atoms with Gasteiger partial charge in [0.2, 0.25) is 0 Å². The van der Waals surface area contributed by atoms with Gasteiger partial charge in [-0.3, -0.25) is 0 Å². The number of nitrogens with one attached hydrogen (secondary N) is 1. The van der Waals surface area contributed by atoms with Gasteiger partial charge in [0.25, 0.3) is 0 Å². The molecule has 0 saturated heterocycles. The van der Waals surface area contributed by atoms with Crippen molar-refractivity contribution in [3.63, 3.8) is 0 Å². The van der Waals surface area contributed by atoms with Crippen LogP contribution in [0.5, 0.6) is 0 Å². The summed E-state index contributed by atoms with van der Waals surface area (Å²) < 4.78 is 28.8. The summed E-state index contributed by atoms with van der Waals surface area (Å²) in [6.45, 7) is 16.3. The average molecular weight is 624 g/mol. The third kappa shape index (κ3) is 8.00. The van der Waals surface area contributed by atoms with Gasteiger partial charge in [-0.2, -0.15) is 11.8 Å². The predicted molar refractivity (Wildman–Crippen MR) is 179 cm³/mol. The number of rotatable bonds is 13. The highest BCUT2D eigenvalue weighted by molar-refractivity contribution is 8.01. The molecule has 0 bridgehead atoms. The first kappa shape index (κ1) is 35.5. The number of hydrogen-bond acceptors (Lipinski definition) is 5. The summed E-state index contributed by atoms with van der Waals surface area (Å²) in [5.41, 5.74) is 2.31. The van der Waals surface area contributed by atoms with Crippen molar-refractivity contribution in [2.45, 2.75) is 119 Å². The Balaban J connectivity index is 0.00000484. The summed E-state index contributed by atoms with van der Waals surface area (Å²) in [5.74, 6) is 6.25. The number of carbonyl (C=O) groups excluding carboxylic acids is 1. The van der Waals surface area contributed by atoms with Crippen LogP contribution in [0, 0.1) is 46.3 Å². The predicted octanol–water partition coefficient (Wildman–Crippen LogP) is 9.05. The fourth-order valence-corrected chi connectivity index (χ4v) is 11.5. The first-order chi connectivity index (χ1) is 19.4. The molecule has 0 aromatic rings. The van der Waals surface area contributed by atoms with Crippen molar-refractivity contribution in [2.24, 2.45) is 46.3 Å². The molecular formula is C35H61NO4S2. The second-order valence-corrected chi connectivity index (χ2v) is 17.9. The van der Waals surface area contributed by atoms with E-state index in [9.17, 15) is 13.2 Å². The van der Waals surface area contributed by atoms with E-state index in [2.05, 4.69) is 52.6 Å². The zero-order valence-corrected chi connectivity index (χ0v) is 28.1. The minimum atomic E-state index is -3.16. The number of amides is 1. The van der Waals surface area contributed by atoms with Crippen molar-refractivity contribution in [3.05, 3.63) is 23.6 Å². The van der Waals surface area contributed by atoms with Crippen LogP contribution >= 0.6 is 11.8 Å². The zero-order chi connectivity index (χ0) is 29.8. The van der Waals surface area contributed by atoms with Crippen molar-refractivity contribution >= 4 is 27.7 Å². The van der Waals surface area contributed by atoms with Gasteiger partial charge in [-0.25, -0.2) is 13.2 Å². The van der Waals surface area contributed by atoms with Crippen LogP contribution in [-0.4, -0.2) is 44.4 Å². The number of ether oxygens (including phenoxy) is 1. The van der Waals surface area contributed by atoms with Gasteiger partial charge in [-0.05, 0) is 91.3 Å². The highest BCUT2D eigenvalue weighted by atomic mass is 32.2. The molecule has 42 heavy (non-hydrogen) atoms. The topological polar surface area (TPSA) is 72.5 Å². The van der Waals surface area contributed by atoms with Crippen LogP contribution in [0.4, 0.5) is 4.79 Å². The largest absolute Gasteiger partial charge is 0.446 e. The van der Waals surface area contributed by atoms with E-state index in [1.54, 1.807) is 5.57 Å². The van der Waals surface area contributed by atoms with Crippen LogP contribution in [0.25, 0.3) is 0 Å². The number of allylic oxidation sites excluding steroid dienone is 1. The molecule has 242 valence electrons. The lowest BCUT2D eigenvalue weighted by Gasteiger charge is -2.58. The number of alkyl carbamates (subject to hydrolysis) is 1. The Hall–Kier alpha value is -0.950. The molecule has 1 N–H and O–H groups in total. The lowest BCUT2D eigenvalue weighted by Crippen LogP contribution is -2.51. The van der Waals surface area contributed by atoms with Crippen LogP contribution < -0.4 is 5.32 Å². The van der Waals surface area contributed by atoms with Crippen LogP contribution in [0.1, 0.15) is 113 Å². The first-order valence-electron chi connectivity index (χ1n) is 16.5. The van der Waals surface area contributed by atoms with Crippen LogP contribution in [-0.2, 0) is 14.6 Å². The fraction of sp³-hybridized carbons (Fsp3) is 0.857. The smallest absolute Gasteiger partial charge is 0.407 e.